The molecule has 0 radical (unpaired) electrons. The molecule has 0 aromatic carbocycles. The topological polar surface area (TPSA) is 32.3 Å². The number of halogens is 1. The molecule has 0 saturated heterocycles. The lowest BCUT2D eigenvalue weighted by molar-refractivity contribution is 0.152. The van der Waals surface area contributed by atoms with Crippen molar-refractivity contribution in [1.29, 1.82) is 0 Å². The Balaban J connectivity index is 1.84. The van der Waals surface area contributed by atoms with Crippen LogP contribution in [0, 0.1) is 5.92 Å². The molecule has 2 nitrogen and oxygen atoms in total. The molecule has 1 fully saturated rings. The second-order valence-corrected chi connectivity index (χ2v) is 6.36. The van der Waals surface area contributed by atoms with Gasteiger partial charge in [-0.2, -0.15) is 0 Å². The van der Waals surface area contributed by atoms with E-state index in [1.807, 2.05) is 0 Å². The van der Waals surface area contributed by atoms with Crippen molar-refractivity contribution < 1.29 is 5.11 Å². The third-order valence-corrected chi connectivity index (χ3v) is 5.00. The molecule has 2 N–H and O–H groups in total. The molecule has 1 aliphatic rings. The van der Waals surface area contributed by atoms with Crippen molar-refractivity contribution in [2.45, 2.75) is 38.3 Å². The molecular formula is C12H18BrNOS. The van der Waals surface area contributed by atoms with Crippen LogP contribution in [-0.2, 0) is 6.54 Å². The van der Waals surface area contributed by atoms with Crippen molar-refractivity contribution in [2.75, 3.05) is 6.61 Å². The van der Waals surface area contributed by atoms with Gasteiger partial charge in [-0.15, -0.1) is 11.3 Å². The van der Waals surface area contributed by atoms with Gasteiger partial charge in [-0.1, -0.05) is 12.8 Å². The maximum Gasteiger partial charge on any atom is 0.0474 e. The molecule has 1 saturated carbocycles. The summed E-state index contributed by atoms with van der Waals surface area (Å²) >= 11 is 5.24. The minimum absolute atomic E-state index is 0.325. The maximum atomic E-state index is 9.32. The Labute approximate surface area is 109 Å². The number of aliphatic hydroxyl groups excluding tert-OH is 1. The summed E-state index contributed by atoms with van der Waals surface area (Å²) in [5.41, 5.74) is 0. The van der Waals surface area contributed by atoms with Crippen LogP contribution in [0.2, 0.25) is 0 Å². The van der Waals surface area contributed by atoms with E-state index in [2.05, 4.69) is 32.7 Å². The summed E-state index contributed by atoms with van der Waals surface area (Å²) in [6.07, 6.45) is 4.94. The Bertz CT molecular complexity index is 329. The summed E-state index contributed by atoms with van der Waals surface area (Å²) in [4.78, 5) is 1.36. The van der Waals surface area contributed by atoms with Crippen LogP contribution in [0.15, 0.2) is 15.9 Å². The van der Waals surface area contributed by atoms with Crippen molar-refractivity contribution >= 4 is 27.3 Å². The second kappa shape index (κ2) is 6.15. The molecule has 4 heteroatoms. The number of hydrogen-bond acceptors (Lipinski definition) is 3. The fraction of sp³-hybridized carbons (Fsp3) is 0.667. The molecule has 2 rings (SSSR count). The van der Waals surface area contributed by atoms with Gasteiger partial charge in [0.1, 0.15) is 0 Å². The van der Waals surface area contributed by atoms with Gasteiger partial charge in [-0.3, -0.25) is 0 Å². The third kappa shape index (κ3) is 3.29. The van der Waals surface area contributed by atoms with Gasteiger partial charge >= 0.3 is 0 Å². The minimum atomic E-state index is 0.325. The molecular weight excluding hydrogens is 286 g/mol. The zero-order valence-electron chi connectivity index (χ0n) is 9.29. The maximum absolute atomic E-state index is 9.32. The van der Waals surface area contributed by atoms with E-state index in [9.17, 15) is 5.11 Å². The van der Waals surface area contributed by atoms with Crippen molar-refractivity contribution in [1.82, 2.24) is 5.32 Å². The molecule has 1 aromatic rings. The van der Waals surface area contributed by atoms with Gasteiger partial charge in [0, 0.05) is 33.9 Å². The molecule has 2 atom stereocenters. The molecule has 90 valence electrons. The highest BCUT2D eigenvalue weighted by Crippen LogP contribution is 2.25. The van der Waals surface area contributed by atoms with Gasteiger partial charge in [-0.25, -0.2) is 0 Å². The Morgan fingerprint density at radius 3 is 2.94 bits per heavy atom. The summed E-state index contributed by atoms with van der Waals surface area (Å²) in [7, 11) is 0. The number of nitrogens with one attached hydrogen (secondary N) is 1. The van der Waals surface area contributed by atoms with Crippen LogP contribution in [0.1, 0.15) is 30.6 Å². The van der Waals surface area contributed by atoms with Gasteiger partial charge in [0.25, 0.3) is 0 Å². The molecule has 0 amide bonds. The smallest absolute Gasteiger partial charge is 0.0474 e. The molecule has 0 bridgehead atoms. The monoisotopic (exact) mass is 303 g/mol. The standard InChI is InChI=1S/C12H18BrNOS/c13-10-5-11(16-8-10)6-14-12-4-2-1-3-9(12)7-15/h5,8-9,12,14-15H,1-4,6-7H2. The average Bonchev–Trinajstić information content (AvgIpc) is 2.73. The first-order valence-electron chi connectivity index (χ1n) is 5.86. The van der Waals surface area contributed by atoms with Crippen molar-refractivity contribution in [3.63, 3.8) is 0 Å². The second-order valence-electron chi connectivity index (χ2n) is 4.45. The highest BCUT2D eigenvalue weighted by atomic mass is 79.9. The van der Waals surface area contributed by atoms with Gasteiger partial charge in [0.15, 0.2) is 0 Å². The first-order chi connectivity index (χ1) is 7.79. The Morgan fingerprint density at radius 2 is 2.25 bits per heavy atom. The van der Waals surface area contributed by atoms with Crippen molar-refractivity contribution in [3.8, 4) is 0 Å². The Hall–Kier alpha value is 0.1000. The van der Waals surface area contributed by atoms with Crippen LogP contribution in [0.4, 0.5) is 0 Å². The van der Waals surface area contributed by atoms with Crippen LogP contribution in [0.3, 0.4) is 0 Å². The van der Waals surface area contributed by atoms with Crippen molar-refractivity contribution in [2.24, 2.45) is 5.92 Å². The Morgan fingerprint density at radius 1 is 1.44 bits per heavy atom. The molecule has 1 aromatic heterocycles. The predicted molar refractivity (Wildman–Crippen MR) is 71.7 cm³/mol. The number of rotatable bonds is 4. The lowest BCUT2D eigenvalue weighted by Crippen LogP contribution is -2.39. The molecule has 2 unspecified atom stereocenters. The summed E-state index contributed by atoms with van der Waals surface area (Å²) in [5.74, 6) is 0.456. The fourth-order valence-electron chi connectivity index (χ4n) is 2.37. The van der Waals surface area contributed by atoms with E-state index in [1.165, 1.54) is 30.6 Å². The van der Waals surface area contributed by atoms with E-state index in [4.69, 9.17) is 0 Å². The van der Waals surface area contributed by atoms with E-state index >= 15 is 0 Å². The normalized spacial score (nSPS) is 25.9. The Kier molecular flexibility index (Phi) is 4.82. The fourth-order valence-corrected chi connectivity index (χ4v) is 3.78. The quantitative estimate of drug-likeness (QED) is 0.895. The zero-order chi connectivity index (χ0) is 11.4. The van der Waals surface area contributed by atoms with Crippen molar-refractivity contribution in [3.05, 3.63) is 20.8 Å². The number of hydrogen-bond donors (Lipinski definition) is 2. The lowest BCUT2D eigenvalue weighted by Gasteiger charge is -2.30. The van der Waals surface area contributed by atoms with Gasteiger partial charge < -0.3 is 10.4 Å². The molecule has 1 aliphatic carbocycles. The minimum Gasteiger partial charge on any atom is -0.396 e. The summed E-state index contributed by atoms with van der Waals surface area (Å²) in [6.45, 7) is 1.25. The third-order valence-electron chi connectivity index (χ3n) is 3.30. The number of aliphatic hydroxyl groups is 1. The SMILES string of the molecule is OCC1CCCCC1NCc1cc(Br)cs1. The van der Waals surface area contributed by atoms with Crippen LogP contribution < -0.4 is 5.32 Å². The summed E-state index contributed by atoms with van der Waals surface area (Å²) in [6, 6.07) is 2.66. The van der Waals surface area contributed by atoms with Crippen LogP contribution in [-0.4, -0.2) is 17.8 Å². The first kappa shape index (κ1) is 12.6. The van der Waals surface area contributed by atoms with E-state index in [0.717, 1.165) is 11.0 Å². The predicted octanol–water partition coefficient (Wildman–Crippen LogP) is 3.15. The summed E-state index contributed by atoms with van der Waals surface area (Å²) < 4.78 is 1.16. The van der Waals surface area contributed by atoms with Gasteiger partial charge in [-0.05, 0) is 40.8 Å². The lowest BCUT2D eigenvalue weighted by atomic mass is 9.85. The van der Waals surface area contributed by atoms with E-state index in [1.54, 1.807) is 11.3 Å². The molecule has 0 aliphatic heterocycles. The van der Waals surface area contributed by atoms with Crippen LogP contribution in [0.25, 0.3) is 0 Å². The molecule has 1 heterocycles. The van der Waals surface area contributed by atoms with E-state index in [0.29, 0.717) is 18.6 Å². The largest absolute Gasteiger partial charge is 0.396 e. The van der Waals surface area contributed by atoms with Gasteiger partial charge in [0.05, 0.1) is 0 Å². The van der Waals surface area contributed by atoms with E-state index in [-0.39, 0.29) is 0 Å². The number of thiophene rings is 1. The molecule has 0 spiro atoms. The molecule has 16 heavy (non-hydrogen) atoms. The van der Waals surface area contributed by atoms with Gasteiger partial charge in [0.2, 0.25) is 0 Å². The van der Waals surface area contributed by atoms with Crippen LogP contribution in [0.5, 0.6) is 0 Å². The highest BCUT2D eigenvalue weighted by Gasteiger charge is 2.23. The highest BCUT2D eigenvalue weighted by molar-refractivity contribution is 9.10. The van der Waals surface area contributed by atoms with Crippen LogP contribution >= 0.6 is 27.3 Å². The average molecular weight is 304 g/mol. The first-order valence-corrected chi connectivity index (χ1v) is 7.54. The summed E-state index contributed by atoms with van der Waals surface area (Å²) in [5, 5.41) is 15.0. The van der Waals surface area contributed by atoms with E-state index < -0.39 is 0 Å². The zero-order valence-corrected chi connectivity index (χ0v) is 11.7.